The average molecular weight is 386 g/mol. The van der Waals surface area contributed by atoms with Gasteiger partial charge in [0.05, 0.1) is 18.1 Å². The minimum atomic E-state index is -0.607. The summed E-state index contributed by atoms with van der Waals surface area (Å²) in [6.45, 7) is 3.96. The maximum atomic E-state index is 12.6. The van der Waals surface area contributed by atoms with Crippen molar-refractivity contribution in [3.05, 3.63) is 50.8 Å². The Bertz CT molecular complexity index is 1020. The topological polar surface area (TPSA) is 85.2 Å². The van der Waals surface area contributed by atoms with Crippen LogP contribution < -0.4 is 5.56 Å². The lowest BCUT2D eigenvalue weighted by Gasteiger charge is -2.17. The molecule has 1 aliphatic rings. The lowest BCUT2D eigenvalue weighted by atomic mass is 9.89. The van der Waals surface area contributed by atoms with Crippen molar-refractivity contribution in [3.8, 4) is 0 Å². The normalized spacial score (nSPS) is 17.6. The van der Waals surface area contributed by atoms with E-state index in [0.717, 1.165) is 35.4 Å². The molecule has 0 aliphatic heterocycles. The van der Waals surface area contributed by atoms with Gasteiger partial charge in [-0.15, -0.1) is 11.3 Å². The van der Waals surface area contributed by atoms with Crippen LogP contribution in [0.1, 0.15) is 54.8 Å². The number of carbonyl (C=O) groups is 1. The minimum absolute atomic E-state index is 0.138. The molecule has 0 fully saturated rings. The maximum Gasteiger partial charge on any atom is 0.306 e. The molecule has 0 saturated carbocycles. The van der Waals surface area contributed by atoms with Gasteiger partial charge in [0.25, 0.3) is 5.56 Å². The number of nitrogens with one attached hydrogen (secondary N) is 1. The zero-order valence-corrected chi connectivity index (χ0v) is 16.2. The highest BCUT2D eigenvalue weighted by molar-refractivity contribution is 7.18. The molecule has 0 radical (unpaired) electrons. The van der Waals surface area contributed by atoms with Crippen LogP contribution in [0.25, 0.3) is 10.2 Å². The van der Waals surface area contributed by atoms with Gasteiger partial charge in [-0.3, -0.25) is 9.59 Å². The number of esters is 1. The highest BCUT2D eigenvalue weighted by atomic mass is 32.1. The van der Waals surface area contributed by atoms with E-state index in [-0.39, 0.29) is 17.9 Å². The first-order valence-corrected chi connectivity index (χ1v) is 10.1. The molecule has 3 aromatic heterocycles. The molecule has 0 aromatic carbocycles. The van der Waals surface area contributed by atoms with Gasteiger partial charge in [-0.05, 0) is 49.8 Å². The van der Waals surface area contributed by atoms with E-state index in [0.29, 0.717) is 23.5 Å². The number of fused-ring (bicyclic) bond motifs is 3. The highest BCUT2D eigenvalue weighted by Gasteiger charge is 2.24. The molecular formula is C20H22N2O4S. The first-order chi connectivity index (χ1) is 13.0. The van der Waals surface area contributed by atoms with Crippen LogP contribution in [-0.2, 0) is 28.8 Å². The van der Waals surface area contributed by atoms with Crippen molar-refractivity contribution in [1.82, 2.24) is 9.97 Å². The zero-order valence-electron chi connectivity index (χ0n) is 15.4. The van der Waals surface area contributed by atoms with Crippen LogP contribution in [0.5, 0.6) is 0 Å². The van der Waals surface area contributed by atoms with Crippen molar-refractivity contribution in [2.45, 2.75) is 52.1 Å². The van der Waals surface area contributed by atoms with Crippen LogP contribution in [-0.4, -0.2) is 15.9 Å². The van der Waals surface area contributed by atoms with Crippen molar-refractivity contribution in [3.63, 3.8) is 0 Å². The van der Waals surface area contributed by atoms with Gasteiger partial charge in [-0.25, -0.2) is 4.98 Å². The molecule has 142 valence electrons. The number of hydrogen-bond acceptors (Lipinski definition) is 6. The molecule has 1 aliphatic carbocycles. The van der Waals surface area contributed by atoms with Gasteiger partial charge in [0.2, 0.25) is 0 Å². The molecule has 0 bridgehead atoms. The second kappa shape index (κ2) is 7.31. The van der Waals surface area contributed by atoms with Crippen molar-refractivity contribution in [2.24, 2.45) is 5.92 Å². The largest absolute Gasteiger partial charge is 0.469 e. The van der Waals surface area contributed by atoms with Crippen molar-refractivity contribution < 1.29 is 13.9 Å². The van der Waals surface area contributed by atoms with E-state index >= 15 is 0 Å². The first-order valence-electron chi connectivity index (χ1n) is 9.27. The number of aromatic amines is 1. The predicted molar refractivity (Wildman–Crippen MR) is 103 cm³/mol. The Hall–Kier alpha value is -2.41. The summed E-state index contributed by atoms with van der Waals surface area (Å²) in [6.07, 6.45) is 4.70. The molecule has 0 amide bonds. The molecule has 0 spiro atoms. The molecule has 3 heterocycles. The van der Waals surface area contributed by atoms with Crippen LogP contribution in [0.3, 0.4) is 0 Å². The molecule has 1 N–H and O–H groups in total. The molecule has 6 nitrogen and oxygen atoms in total. The minimum Gasteiger partial charge on any atom is -0.469 e. The molecular weight excluding hydrogens is 364 g/mol. The van der Waals surface area contributed by atoms with Crippen LogP contribution in [0.15, 0.2) is 27.6 Å². The lowest BCUT2D eigenvalue weighted by Crippen LogP contribution is -2.18. The number of thiophene rings is 1. The summed E-state index contributed by atoms with van der Waals surface area (Å²) in [4.78, 5) is 34.1. The summed E-state index contributed by atoms with van der Waals surface area (Å²) in [5.41, 5.74) is 1.01. The number of carbonyl (C=O) groups excluding carboxylic acids is 1. The summed E-state index contributed by atoms with van der Waals surface area (Å²) < 4.78 is 10.7. The maximum absolute atomic E-state index is 12.6. The van der Waals surface area contributed by atoms with Crippen LogP contribution in [0.2, 0.25) is 0 Å². The van der Waals surface area contributed by atoms with E-state index in [9.17, 15) is 9.59 Å². The van der Waals surface area contributed by atoms with Crippen LogP contribution in [0.4, 0.5) is 0 Å². The summed E-state index contributed by atoms with van der Waals surface area (Å²) in [6, 6.07) is 3.61. The Morgan fingerprint density at radius 3 is 3.15 bits per heavy atom. The SMILES string of the molecule is C[C@H]1CCc2c(sc3nc([C@@H](C)OC(=O)CCc4ccco4)[nH]c(=O)c23)C1. The molecule has 2 atom stereocenters. The van der Waals surface area contributed by atoms with Gasteiger partial charge in [-0.2, -0.15) is 0 Å². The number of nitrogens with zero attached hydrogens (tertiary/aromatic N) is 1. The van der Waals surface area contributed by atoms with E-state index in [2.05, 4.69) is 16.9 Å². The van der Waals surface area contributed by atoms with E-state index in [1.165, 1.54) is 4.88 Å². The van der Waals surface area contributed by atoms with E-state index < -0.39 is 6.10 Å². The monoisotopic (exact) mass is 386 g/mol. The van der Waals surface area contributed by atoms with E-state index in [1.54, 1.807) is 30.6 Å². The van der Waals surface area contributed by atoms with Crippen LogP contribution in [0, 0.1) is 5.92 Å². The quantitative estimate of drug-likeness (QED) is 0.671. The van der Waals surface area contributed by atoms with E-state index in [1.807, 2.05) is 6.07 Å². The van der Waals surface area contributed by atoms with Gasteiger partial charge < -0.3 is 14.1 Å². The number of H-pyrrole nitrogens is 1. The van der Waals surface area contributed by atoms with Gasteiger partial charge in [0.15, 0.2) is 11.9 Å². The van der Waals surface area contributed by atoms with Gasteiger partial charge in [0, 0.05) is 11.3 Å². The number of ether oxygens (including phenoxy) is 1. The molecule has 0 saturated heterocycles. The Morgan fingerprint density at radius 1 is 1.52 bits per heavy atom. The number of rotatable bonds is 5. The zero-order chi connectivity index (χ0) is 19.0. The average Bonchev–Trinajstić information content (AvgIpc) is 3.26. The number of aryl methyl sites for hydroxylation is 2. The van der Waals surface area contributed by atoms with Crippen molar-refractivity contribution in [1.29, 1.82) is 0 Å². The second-order valence-electron chi connectivity index (χ2n) is 7.19. The Kier molecular flexibility index (Phi) is 4.86. The third kappa shape index (κ3) is 3.69. The van der Waals surface area contributed by atoms with Crippen LogP contribution >= 0.6 is 11.3 Å². The molecule has 27 heavy (non-hydrogen) atoms. The molecule has 0 unspecified atom stereocenters. The van der Waals surface area contributed by atoms with Crippen molar-refractivity contribution >= 4 is 27.5 Å². The fourth-order valence-electron chi connectivity index (χ4n) is 3.55. The highest BCUT2D eigenvalue weighted by Crippen LogP contribution is 2.35. The first kappa shape index (κ1) is 18.0. The third-order valence-corrected chi connectivity index (χ3v) is 6.18. The summed E-state index contributed by atoms with van der Waals surface area (Å²) in [7, 11) is 0. The Balaban J connectivity index is 1.51. The third-order valence-electron chi connectivity index (χ3n) is 5.03. The summed E-state index contributed by atoms with van der Waals surface area (Å²) in [5.74, 6) is 1.43. The summed E-state index contributed by atoms with van der Waals surface area (Å²) >= 11 is 1.59. The molecule has 3 aromatic rings. The van der Waals surface area contributed by atoms with Gasteiger partial charge in [-0.1, -0.05) is 6.92 Å². The standard InChI is InChI=1S/C20H22N2O4S/c1-11-5-7-14-15(10-11)27-20-17(14)19(24)21-18(22-20)12(2)26-16(23)8-6-13-4-3-9-25-13/h3-4,9,11-12H,5-8,10H2,1-2H3,(H,21,22,24)/t11-,12+/m0/s1. The predicted octanol–water partition coefficient (Wildman–Crippen LogP) is 3.94. The van der Waals surface area contributed by atoms with Gasteiger partial charge >= 0.3 is 5.97 Å². The number of aromatic nitrogens is 2. The molecule has 7 heteroatoms. The second-order valence-corrected chi connectivity index (χ2v) is 8.28. The Labute approximate surface area is 160 Å². The smallest absolute Gasteiger partial charge is 0.306 e. The number of furan rings is 1. The number of hydrogen-bond donors (Lipinski definition) is 1. The fraction of sp³-hybridized carbons (Fsp3) is 0.450. The lowest BCUT2D eigenvalue weighted by molar-refractivity contribution is -0.149. The van der Waals surface area contributed by atoms with Crippen molar-refractivity contribution in [2.75, 3.05) is 0 Å². The molecule has 4 rings (SSSR count). The fourth-order valence-corrected chi connectivity index (χ4v) is 4.94. The van der Waals surface area contributed by atoms with Gasteiger partial charge in [0.1, 0.15) is 10.6 Å². The summed E-state index contributed by atoms with van der Waals surface area (Å²) in [5, 5.41) is 0.710. The van der Waals surface area contributed by atoms with E-state index in [4.69, 9.17) is 9.15 Å². The Morgan fingerprint density at radius 2 is 2.37 bits per heavy atom.